The van der Waals surface area contributed by atoms with Crippen molar-refractivity contribution in [3.63, 3.8) is 0 Å². The first-order chi connectivity index (χ1) is 17.9. The monoisotopic (exact) mass is 510 g/mol. The summed E-state index contributed by atoms with van der Waals surface area (Å²) in [6.45, 7) is 3.96. The molecule has 0 saturated heterocycles. The van der Waals surface area contributed by atoms with Crippen LogP contribution in [0.3, 0.4) is 0 Å². The van der Waals surface area contributed by atoms with E-state index in [1.54, 1.807) is 18.9 Å². The van der Waals surface area contributed by atoms with Crippen LogP contribution in [-0.4, -0.2) is 33.8 Å². The molecular weight excluding hydrogens is 484 g/mol. The van der Waals surface area contributed by atoms with Crippen LogP contribution in [0.4, 0.5) is 0 Å². The van der Waals surface area contributed by atoms with Crippen molar-refractivity contribution < 1.29 is 19.4 Å². The van der Waals surface area contributed by atoms with Gasteiger partial charge in [-0.2, -0.15) is 0 Å². The molecule has 2 heterocycles. The lowest BCUT2D eigenvalue weighted by atomic mass is 9.94. The molecule has 0 fully saturated rings. The Morgan fingerprint density at radius 3 is 2.43 bits per heavy atom. The number of amides is 1. The molecular formula is C30H26N2O4S. The fourth-order valence-electron chi connectivity index (χ4n) is 4.60. The number of hydrogen-bond acceptors (Lipinski definition) is 6. The van der Waals surface area contributed by atoms with E-state index >= 15 is 0 Å². The summed E-state index contributed by atoms with van der Waals surface area (Å²) in [7, 11) is 1.59. The minimum atomic E-state index is -0.733. The zero-order valence-corrected chi connectivity index (χ0v) is 21.6. The van der Waals surface area contributed by atoms with Crippen LogP contribution in [0.2, 0.25) is 0 Å². The molecule has 6 nitrogen and oxygen atoms in total. The lowest BCUT2D eigenvalue weighted by molar-refractivity contribution is -0.130. The minimum Gasteiger partial charge on any atom is -0.503 e. The number of aryl methyl sites for hydroxylation is 2. The number of carbonyl (C=O) groups excluding carboxylic acids is 2. The number of Topliss-reactive ketones (excluding diaryl/α,β-unsaturated/α-hetero) is 1. The normalized spacial score (nSPS) is 15.4. The summed E-state index contributed by atoms with van der Waals surface area (Å²) in [6.07, 6.45) is 0. The summed E-state index contributed by atoms with van der Waals surface area (Å²) in [5.74, 6) is -0.763. The van der Waals surface area contributed by atoms with Crippen molar-refractivity contribution in [3.8, 4) is 16.3 Å². The van der Waals surface area contributed by atoms with Gasteiger partial charge in [0.05, 0.1) is 29.3 Å². The van der Waals surface area contributed by atoms with Crippen LogP contribution < -0.4 is 4.74 Å². The Balaban J connectivity index is 1.56. The highest BCUT2D eigenvalue weighted by atomic mass is 32.1. The Labute approximate surface area is 219 Å². The van der Waals surface area contributed by atoms with E-state index in [1.165, 1.54) is 11.3 Å². The predicted molar refractivity (Wildman–Crippen MR) is 144 cm³/mol. The molecule has 0 spiro atoms. The summed E-state index contributed by atoms with van der Waals surface area (Å²) >= 11 is 1.27. The van der Waals surface area contributed by atoms with Crippen molar-refractivity contribution in [1.82, 2.24) is 9.88 Å². The Kier molecular flexibility index (Phi) is 6.63. The molecule has 1 aliphatic heterocycles. The first kappa shape index (κ1) is 24.5. The Morgan fingerprint density at radius 1 is 1.03 bits per heavy atom. The number of aromatic nitrogens is 1. The second-order valence-corrected chi connectivity index (χ2v) is 9.99. The second kappa shape index (κ2) is 10.0. The molecule has 37 heavy (non-hydrogen) atoms. The van der Waals surface area contributed by atoms with Crippen LogP contribution in [0.5, 0.6) is 5.75 Å². The molecule has 0 bridgehead atoms. The molecule has 7 heteroatoms. The molecule has 4 aromatic rings. The van der Waals surface area contributed by atoms with Gasteiger partial charge in [-0.05, 0) is 37.1 Å². The van der Waals surface area contributed by atoms with E-state index in [9.17, 15) is 14.7 Å². The molecule has 5 rings (SSSR count). The summed E-state index contributed by atoms with van der Waals surface area (Å²) < 4.78 is 5.25. The first-order valence-electron chi connectivity index (χ1n) is 11.9. The molecule has 186 valence electrons. The highest BCUT2D eigenvalue weighted by Crippen LogP contribution is 2.42. The van der Waals surface area contributed by atoms with Crippen LogP contribution >= 0.6 is 11.3 Å². The van der Waals surface area contributed by atoms with Gasteiger partial charge in [-0.15, -0.1) is 11.3 Å². The molecule has 1 N–H and O–H groups in total. The lowest BCUT2D eigenvalue weighted by Gasteiger charge is -2.27. The number of ketones is 1. The van der Waals surface area contributed by atoms with E-state index in [1.807, 2.05) is 85.8 Å². The highest BCUT2D eigenvalue weighted by Gasteiger charge is 2.44. The van der Waals surface area contributed by atoms with E-state index in [0.29, 0.717) is 21.3 Å². The number of ether oxygens (including phenoxy) is 1. The van der Waals surface area contributed by atoms with Crippen LogP contribution in [0.25, 0.3) is 10.6 Å². The largest absolute Gasteiger partial charge is 0.503 e. The molecule has 1 unspecified atom stereocenters. The third-order valence-corrected chi connectivity index (χ3v) is 7.65. The van der Waals surface area contributed by atoms with Gasteiger partial charge >= 0.3 is 0 Å². The van der Waals surface area contributed by atoms with Crippen molar-refractivity contribution >= 4 is 23.0 Å². The smallest absolute Gasteiger partial charge is 0.290 e. The average molecular weight is 511 g/mol. The average Bonchev–Trinajstić information content (AvgIpc) is 3.42. The summed E-state index contributed by atoms with van der Waals surface area (Å²) in [5, 5.41) is 11.8. The van der Waals surface area contributed by atoms with Gasteiger partial charge in [0.25, 0.3) is 5.91 Å². The summed E-state index contributed by atoms with van der Waals surface area (Å²) in [4.78, 5) is 33.9. The molecule has 0 aliphatic carbocycles. The predicted octanol–water partition coefficient (Wildman–Crippen LogP) is 6.21. The van der Waals surface area contributed by atoms with Gasteiger partial charge in [0, 0.05) is 12.1 Å². The number of rotatable bonds is 7. The van der Waals surface area contributed by atoms with Gasteiger partial charge in [-0.1, -0.05) is 72.3 Å². The Morgan fingerprint density at radius 2 is 1.76 bits per heavy atom. The number of thiazole rings is 1. The standard InChI is InChI=1S/C30H26N2O4S/c1-18-8-7-11-22(16-18)25-24(26(33)28-19(2)31-29(37-28)21-9-5-4-6-10-21)27(34)30(35)32(25)17-20-12-14-23(36-3)15-13-20/h4-16,25,34H,17H2,1-3H3. The van der Waals surface area contributed by atoms with E-state index in [2.05, 4.69) is 4.98 Å². The number of carbonyl (C=O) groups is 2. The van der Waals surface area contributed by atoms with E-state index in [0.717, 1.165) is 22.3 Å². The Bertz CT molecular complexity index is 1510. The van der Waals surface area contributed by atoms with Gasteiger partial charge in [0.15, 0.2) is 5.76 Å². The maximum absolute atomic E-state index is 14.0. The van der Waals surface area contributed by atoms with Crippen LogP contribution in [0.15, 0.2) is 90.2 Å². The molecule has 1 amide bonds. The summed E-state index contributed by atoms with van der Waals surface area (Å²) in [6, 6.07) is 24.0. The van der Waals surface area contributed by atoms with Crippen molar-refractivity contribution in [3.05, 3.63) is 117 Å². The third-order valence-electron chi connectivity index (χ3n) is 6.44. The lowest BCUT2D eigenvalue weighted by Crippen LogP contribution is -2.30. The zero-order chi connectivity index (χ0) is 26.1. The molecule has 0 radical (unpaired) electrons. The maximum atomic E-state index is 14.0. The third kappa shape index (κ3) is 4.66. The molecule has 1 aromatic heterocycles. The van der Waals surface area contributed by atoms with E-state index in [4.69, 9.17) is 4.74 Å². The number of nitrogens with zero attached hydrogens (tertiary/aromatic N) is 2. The molecule has 3 aromatic carbocycles. The van der Waals surface area contributed by atoms with Crippen LogP contribution in [0, 0.1) is 13.8 Å². The second-order valence-electron chi connectivity index (χ2n) is 8.99. The highest BCUT2D eigenvalue weighted by molar-refractivity contribution is 7.17. The van der Waals surface area contributed by atoms with E-state index in [-0.39, 0.29) is 17.9 Å². The number of methoxy groups -OCH3 is 1. The number of aliphatic hydroxyl groups excluding tert-OH is 1. The fraction of sp³-hybridized carbons (Fsp3) is 0.167. The van der Waals surface area contributed by atoms with Crippen molar-refractivity contribution in [2.24, 2.45) is 0 Å². The SMILES string of the molecule is COc1ccc(CN2C(=O)C(O)=C(C(=O)c3sc(-c4ccccc4)nc3C)C2c2cccc(C)c2)cc1. The zero-order valence-electron chi connectivity index (χ0n) is 20.8. The quantitative estimate of drug-likeness (QED) is 0.299. The van der Waals surface area contributed by atoms with E-state index < -0.39 is 17.7 Å². The van der Waals surface area contributed by atoms with Gasteiger partial charge in [-0.3, -0.25) is 9.59 Å². The molecule has 0 saturated carbocycles. The summed E-state index contributed by atoms with van der Waals surface area (Å²) in [5.41, 5.74) is 4.17. The van der Waals surface area contributed by atoms with Gasteiger partial charge in [0.2, 0.25) is 5.78 Å². The first-order valence-corrected chi connectivity index (χ1v) is 12.7. The number of benzene rings is 3. The topological polar surface area (TPSA) is 79.7 Å². The van der Waals surface area contributed by atoms with Gasteiger partial charge < -0.3 is 14.7 Å². The van der Waals surface area contributed by atoms with Crippen LogP contribution in [-0.2, 0) is 11.3 Å². The van der Waals surface area contributed by atoms with Gasteiger partial charge in [0.1, 0.15) is 10.8 Å². The number of aliphatic hydroxyl groups is 1. The fourth-order valence-corrected chi connectivity index (χ4v) is 5.62. The van der Waals surface area contributed by atoms with Crippen molar-refractivity contribution in [1.29, 1.82) is 0 Å². The molecule has 1 atom stereocenters. The number of hydrogen-bond donors (Lipinski definition) is 1. The maximum Gasteiger partial charge on any atom is 0.290 e. The van der Waals surface area contributed by atoms with Gasteiger partial charge in [-0.25, -0.2) is 4.98 Å². The van der Waals surface area contributed by atoms with Crippen molar-refractivity contribution in [2.45, 2.75) is 26.4 Å². The Hall–Kier alpha value is -4.23. The van der Waals surface area contributed by atoms with Crippen LogP contribution in [0.1, 0.15) is 38.1 Å². The minimum absolute atomic E-state index is 0.0791. The molecule has 1 aliphatic rings. The van der Waals surface area contributed by atoms with Crippen molar-refractivity contribution in [2.75, 3.05) is 7.11 Å².